The van der Waals surface area contributed by atoms with Crippen molar-refractivity contribution in [3.8, 4) is 0 Å². The summed E-state index contributed by atoms with van der Waals surface area (Å²) in [5, 5.41) is 0. The van der Waals surface area contributed by atoms with E-state index in [4.69, 9.17) is 4.74 Å². The normalized spacial score (nSPS) is 20.1. The maximum Gasteiger partial charge on any atom is 0.240 e. The van der Waals surface area contributed by atoms with Gasteiger partial charge in [0.05, 0.1) is 11.0 Å². The fourth-order valence-electron chi connectivity index (χ4n) is 2.60. The first-order chi connectivity index (χ1) is 11.0. The van der Waals surface area contributed by atoms with Gasteiger partial charge in [-0.3, -0.25) is 4.79 Å². The lowest BCUT2D eigenvalue weighted by atomic mass is 10.2. The summed E-state index contributed by atoms with van der Waals surface area (Å²) in [4.78, 5) is 13.1. The lowest BCUT2D eigenvalue weighted by Gasteiger charge is -2.21. The second-order valence-electron chi connectivity index (χ2n) is 5.77. The minimum Gasteiger partial charge on any atom is -0.377 e. The van der Waals surface area contributed by atoms with Crippen molar-refractivity contribution in [2.45, 2.75) is 30.8 Å². The molecule has 1 atom stereocenters. The Hall–Kier alpha value is -1.28. The number of aldehydes is 1. The Morgan fingerprint density at radius 3 is 2.78 bits per heavy atom. The molecule has 1 aliphatic heterocycles. The second kappa shape index (κ2) is 8.54. The van der Waals surface area contributed by atoms with E-state index in [9.17, 15) is 13.2 Å². The lowest BCUT2D eigenvalue weighted by molar-refractivity contribution is 0.0677. The molecular formula is C16H24N2O4S. The molecule has 6 nitrogen and oxygen atoms in total. The highest BCUT2D eigenvalue weighted by atomic mass is 32.2. The molecule has 1 N–H and O–H groups in total. The number of carbonyl (C=O) groups is 1. The van der Waals surface area contributed by atoms with E-state index >= 15 is 0 Å². The van der Waals surface area contributed by atoms with Crippen molar-refractivity contribution in [1.82, 2.24) is 9.62 Å². The Morgan fingerprint density at radius 1 is 1.35 bits per heavy atom. The molecule has 128 valence electrons. The molecule has 0 amide bonds. The van der Waals surface area contributed by atoms with Crippen LogP contribution in [0.3, 0.4) is 0 Å². The number of hydrogen-bond donors (Lipinski definition) is 1. The summed E-state index contributed by atoms with van der Waals surface area (Å²) in [5.74, 6) is 0. The minimum atomic E-state index is -3.52. The number of ether oxygens (including phenoxy) is 1. The maximum atomic E-state index is 12.2. The van der Waals surface area contributed by atoms with Crippen molar-refractivity contribution in [2.24, 2.45) is 0 Å². The van der Waals surface area contributed by atoms with Crippen molar-refractivity contribution < 1.29 is 17.9 Å². The first-order valence-corrected chi connectivity index (χ1v) is 9.38. The molecule has 1 aromatic rings. The van der Waals surface area contributed by atoms with Crippen LogP contribution in [0.15, 0.2) is 29.2 Å². The van der Waals surface area contributed by atoms with Crippen LogP contribution in [-0.2, 0) is 14.8 Å². The summed E-state index contributed by atoms with van der Waals surface area (Å²) >= 11 is 0. The van der Waals surface area contributed by atoms with Gasteiger partial charge in [-0.2, -0.15) is 0 Å². The zero-order valence-electron chi connectivity index (χ0n) is 13.4. The average molecular weight is 340 g/mol. The van der Waals surface area contributed by atoms with Crippen molar-refractivity contribution in [3.63, 3.8) is 0 Å². The molecule has 1 saturated heterocycles. The molecule has 2 rings (SSSR count). The van der Waals surface area contributed by atoms with Gasteiger partial charge >= 0.3 is 0 Å². The second-order valence-corrected chi connectivity index (χ2v) is 7.54. The highest BCUT2D eigenvalue weighted by Gasteiger charge is 2.16. The number of hydrogen-bond acceptors (Lipinski definition) is 5. The van der Waals surface area contributed by atoms with E-state index in [0.29, 0.717) is 18.4 Å². The van der Waals surface area contributed by atoms with Gasteiger partial charge < -0.3 is 9.64 Å². The number of carbonyl (C=O) groups excluding carboxylic acids is 1. The molecular weight excluding hydrogens is 316 g/mol. The molecule has 0 radical (unpaired) electrons. The van der Waals surface area contributed by atoms with Crippen LogP contribution in [0.25, 0.3) is 0 Å². The van der Waals surface area contributed by atoms with Crippen LogP contribution in [0.5, 0.6) is 0 Å². The fourth-order valence-corrected chi connectivity index (χ4v) is 3.68. The van der Waals surface area contributed by atoms with Crippen LogP contribution in [0.1, 0.15) is 30.1 Å². The van der Waals surface area contributed by atoms with Gasteiger partial charge in [-0.15, -0.1) is 0 Å². The van der Waals surface area contributed by atoms with Gasteiger partial charge in [0.1, 0.15) is 6.29 Å². The maximum absolute atomic E-state index is 12.2. The van der Waals surface area contributed by atoms with Gasteiger partial charge in [0, 0.05) is 31.8 Å². The average Bonchev–Trinajstić information content (AvgIpc) is 2.76. The molecule has 1 aliphatic rings. The van der Waals surface area contributed by atoms with E-state index < -0.39 is 10.0 Å². The molecule has 0 spiro atoms. The SMILES string of the molecule is CC1CN(CCCNS(=O)(=O)c2ccc(C=O)cc2)CCCO1. The number of nitrogens with one attached hydrogen (secondary N) is 1. The van der Waals surface area contributed by atoms with Gasteiger partial charge in [-0.1, -0.05) is 12.1 Å². The predicted octanol–water partition coefficient (Wildman–Crippen LogP) is 1.28. The highest BCUT2D eigenvalue weighted by molar-refractivity contribution is 7.89. The van der Waals surface area contributed by atoms with Gasteiger partial charge in [0.15, 0.2) is 0 Å². The predicted molar refractivity (Wildman–Crippen MR) is 88.1 cm³/mol. The van der Waals surface area contributed by atoms with Crippen molar-refractivity contribution in [2.75, 3.05) is 32.8 Å². The van der Waals surface area contributed by atoms with Gasteiger partial charge in [-0.25, -0.2) is 13.1 Å². The molecule has 0 bridgehead atoms. The minimum absolute atomic E-state index is 0.180. The Balaban J connectivity index is 1.78. The zero-order chi connectivity index (χ0) is 16.7. The van der Waals surface area contributed by atoms with Crippen LogP contribution in [-0.4, -0.2) is 58.5 Å². The number of benzene rings is 1. The highest BCUT2D eigenvalue weighted by Crippen LogP contribution is 2.10. The van der Waals surface area contributed by atoms with Gasteiger partial charge in [0.25, 0.3) is 0 Å². The number of nitrogens with zero attached hydrogens (tertiary/aromatic N) is 1. The third-order valence-electron chi connectivity index (χ3n) is 3.81. The van der Waals surface area contributed by atoms with Gasteiger partial charge in [-0.05, 0) is 38.4 Å². The number of rotatable bonds is 7. The summed E-state index contributed by atoms with van der Waals surface area (Å²) < 4.78 is 32.5. The first-order valence-electron chi connectivity index (χ1n) is 7.90. The first kappa shape index (κ1) is 18.1. The van der Waals surface area contributed by atoms with E-state index in [1.807, 2.05) is 0 Å². The smallest absolute Gasteiger partial charge is 0.240 e. The molecule has 1 fully saturated rings. The third-order valence-corrected chi connectivity index (χ3v) is 5.28. The molecule has 0 aromatic heterocycles. The molecule has 23 heavy (non-hydrogen) atoms. The van der Waals surface area contributed by atoms with Crippen molar-refractivity contribution >= 4 is 16.3 Å². The molecule has 0 saturated carbocycles. The Kier molecular flexibility index (Phi) is 6.71. The molecule has 1 unspecified atom stereocenters. The Labute approximate surface area is 137 Å². The van der Waals surface area contributed by atoms with Crippen LogP contribution in [0.2, 0.25) is 0 Å². The summed E-state index contributed by atoms with van der Waals surface area (Å²) in [6.45, 7) is 5.97. The van der Waals surface area contributed by atoms with Crippen molar-refractivity contribution in [3.05, 3.63) is 29.8 Å². The van der Waals surface area contributed by atoms with Crippen LogP contribution in [0.4, 0.5) is 0 Å². The van der Waals surface area contributed by atoms with Crippen molar-refractivity contribution in [1.29, 1.82) is 0 Å². The molecule has 0 aliphatic carbocycles. The summed E-state index contributed by atoms with van der Waals surface area (Å²) in [6.07, 6.45) is 2.68. The van der Waals surface area contributed by atoms with Crippen LogP contribution >= 0.6 is 0 Å². The van der Waals surface area contributed by atoms with E-state index in [-0.39, 0.29) is 11.0 Å². The Morgan fingerprint density at radius 2 is 2.09 bits per heavy atom. The lowest BCUT2D eigenvalue weighted by Crippen LogP contribution is -2.33. The summed E-state index contributed by atoms with van der Waals surface area (Å²) in [5.41, 5.74) is 0.460. The van der Waals surface area contributed by atoms with Crippen LogP contribution in [0, 0.1) is 0 Å². The quantitative estimate of drug-likeness (QED) is 0.598. The van der Waals surface area contributed by atoms with E-state index in [0.717, 1.165) is 39.1 Å². The van der Waals surface area contributed by atoms with E-state index in [1.165, 1.54) is 24.3 Å². The topological polar surface area (TPSA) is 75.7 Å². The number of sulfonamides is 1. The standard InChI is InChI=1S/C16H24N2O4S/c1-14-12-18(10-3-11-22-14)9-2-8-17-23(20,21)16-6-4-15(13-19)5-7-16/h4-7,13-14,17H,2-3,8-12H2,1H3. The zero-order valence-corrected chi connectivity index (χ0v) is 14.2. The van der Waals surface area contributed by atoms with E-state index in [1.54, 1.807) is 0 Å². The van der Waals surface area contributed by atoms with E-state index in [2.05, 4.69) is 16.5 Å². The van der Waals surface area contributed by atoms with Gasteiger partial charge in [0.2, 0.25) is 10.0 Å². The Bertz CT molecular complexity index is 601. The molecule has 1 heterocycles. The largest absolute Gasteiger partial charge is 0.377 e. The monoisotopic (exact) mass is 340 g/mol. The fraction of sp³-hybridized carbons (Fsp3) is 0.562. The molecule has 7 heteroatoms. The summed E-state index contributed by atoms with van der Waals surface area (Å²) in [6, 6.07) is 5.89. The summed E-state index contributed by atoms with van der Waals surface area (Å²) in [7, 11) is -3.52. The van der Waals surface area contributed by atoms with Crippen LogP contribution < -0.4 is 4.72 Å². The molecule has 1 aromatic carbocycles. The third kappa shape index (κ3) is 5.69.